The average Bonchev–Trinajstić information content (AvgIpc) is 3.24. The quantitative estimate of drug-likeness (QED) is 0.406. The average molecular weight is 482 g/mol. The van der Waals surface area contributed by atoms with E-state index >= 15 is 0 Å². The third-order valence-electron chi connectivity index (χ3n) is 5.02. The van der Waals surface area contributed by atoms with Gasteiger partial charge >= 0.3 is 5.97 Å². The van der Waals surface area contributed by atoms with Crippen LogP contribution in [0.5, 0.6) is 0 Å². The van der Waals surface area contributed by atoms with Crippen LogP contribution in [0.15, 0.2) is 30.3 Å². The van der Waals surface area contributed by atoms with Gasteiger partial charge in [-0.25, -0.2) is 4.79 Å². The molecule has 2 aliphatic rings. The number of nitrogens with zero attached hydrogens (tertiary/aromatic N) is 1. The van der Waals surface area contributed by atoms with Gasteiger partial charge in [0.05, 0.1) is 12.2 Å². The first-order valence-corrected chi connectivity index (χ1v) is 11.6. The highest BCUT2D eigenvalue weighted by molar-refractivity contribution is 8.23. The van der Waals surface area contributed by atoms with Crippen LogP contribution in [0, 0.1) is 11.3 Å². The molecule has 2 unspecified atom stereocenters. The number of hydrogen-bond donors (Lipinski definition) is 0. The molecule has 6 atom stereocenters. The summed E-state index contributed by atoms with van der Waals surface area (Å²) in [4.78, 5) is 12.5. The molecule has 2 heterocycles. The lowest BCUT2D eigenvalue weighted by Gasteiger charge is -2.30. The smallest absolute Gasteiger partial charge is 0.339 e. The van der Waals surface area contributed by atoms with E-state index in [9.17, 15) is 10.1 Å². The number of fused-ring (bicyclic) bond motifs is 1. The largest absolute Gasteiger partial charge is 0.479 e. The van der Waals surface area contributed by atoms with E-state index in [0.717, 1.165) is 0 Å². The summed E-state index contributed by atoms with van der Waals surface area (Å²) in [7, 11) is 1.57. The molecule has 2 aliphatic heterocycles. The molecule has 10 heteroatoms. The maximum absolute atomic E-state index is 12.5. The van der Waals surface area contributed by atoms with Gasteiger partial charge in [0.1, 0.15) is 24.4 Å². The Morgan fingerprint density at radius 3 is 2.66 bits per heavy atom. The van der Waals surface area contributed by atoms with Crippen molar-refractivity contribution >= 4 is 34.3 Å². The molecule has 0 bridgehead atoms. The summed E-state index contributed by atoms with van der Waals surface area (Å²) in [6, 6.07) is 10.6. The second kappa shape index (κ2) is 10.9. The van der Waals surface area contributed by atoms with Crippen molar-refractivity contribution in [1.29, 1.82) is 5.26 Å². The van der Waals surface area contributed by atoms with Gasteiger partial charge in [0.15, 0.2) is 18.2 Å². The Kier molecular flexibility index (Phi) is 8.49. The molecule has 3 rings (SSSR count). The Morgan fingerprint density at radius 2 is 2.03 bits per heavy atom. The zero-order chi connectivity index (χ0) is 23.3. The number of carbonyl (C=O) groups is 1. The summed E-state index contributed by atoms with van der Waals surface area (Å²) >= 11 is 6.56. The molecular weight excluding hydrogens is 454 g/mol. The van der Waals surface area contributed by atoms with Crippen molar-refractivity contribution in [2.45, 2.75) is 68.9 Å². The van der Waals surface area contributed by atoms with Crippen molar-refractivity contribution in [2.75, 3.05) is 13.7 Å². The summed E-state index contributed by atoms with van der Waals surface area (Å²) in [6.45, 7) is 5.86. The van der Waals surface area contributed by atoms with Gasteiger partial charge in [-0.1, -0.05) is 30.0 Å². The maximum atomic E-state index is 12.5. The van der Waals surface area contributed by atoms with Crippen molar-refractivity contribution in [1.82, 2.24) is 0 Å². The van der Waals surface area contributed by atoms with Crippen molar-refractivity contribution < 1.29 is 33.2 Å². The third-order valence-corrected chi connectivity index (χ3v) is 6.50. The molecule has 2 fully saturated rings. The SMILES string of the molecule is CCOC(=S)SC(CC(C#N)OC(=O)c1ccccc1)[C@H]1O[C@@H]2OC(C)(C)O[C@@H]2[C@H]1OC. The number of hydrogen-bond acceptors (Lipinski definition) is 10. The topological polar surface area (TPSA) is 96.2 Å². The first kappa shape index (κ1) is 24.9. The van der Waals surface area contributed by atoms with Crippen molar-refractivity contribution in [2.24, 2.45) is 0 Å². The van der Waals surface area contributed by atoms with Gasteiger partial charge < -0.3 is 28.4 Å². The molecule has 0 aliphatic carbocycles. The fourth-order valence-corrected chi connectivity index (χ4v) is 5.25. The molecule has 174 valence electrons. The molecule has 0 radical (unpaired) electrons. The van der Waals surface area contributed by atoms with E-state index in [1.807, 2.05) is 20.8 Å². The van der Waals surface area contributed by atoms with E-state index in [4.69, 9.17) is 40.6 Å². The van der Waals surface area contributed by atoms with Crippen molar-refractivity contribution in [3.63, 3.8) is 0 Å². The monoisotopic (exact) mass is 481 g/mol. The number of esters is 1. The highest BCUT2D eigenvalue weighted by Gasteiger charge is 2.57. The number of thioether (sulfide) groups is 1. The zero-order valence-corrected chi connectivity index (χ0v) is 20.0. The number of carbonyl (C=O) groups excluding carboxylic acids is 1. The van der Waals surface area contributed by atoms with E-state index in [1.165, 1.54) is 11.8 Å². The lowest BCUT2D eigenvalue weighted by atomic mass is 10.0. The Morgan fingerprint density at radius 1 is 1.31 bits per heavy atom. The summed E-state index contributed by atoms with van der Waals surface area (Å²) < 4.78 is 34.9. The van der Waals surface area contributed by atoms with Crippen LogP contribution in [-0.2, 0) is 28.4 Å². The van der Waals surface area contributed by atoms with Crippen LogP contribution in [0.3, 0.4) is 0 Å². The Hall–Kier alpha value is -1.74. The summed E-state index contributed by atoms with van der Waals surface area (Å²) in [5.74, 6) is -1.37. The van der Waals surface area contributed by atoms with Crippen LogP contribution in [0.1, 0.15) is 37.6 Å². The first-order valence-electron chi connectivity index (χ1n) is 10.3. The fraction of sp³-hybridized carbons (Fsp3) is 0.591. The van der Waals surface area contributed by atoms with Gasteiger partial charge in [-0.2, -0.15) is 5.26 Å². The lowest BCUT2D eigenvalue weighted by molar-refractivity contribution is -0.216. The molecular formula is C22H27NO7S2. The summed E-state index contributed by atoms with van der Waals surface area (Å²) in [5.41, 5.74) is 0.368. The maximum Gasteiger partial charge on any atom is 0.339 e. The number of thiocarbonyl (C=S) groups is 1. The van der Waals surface area contributed by atoms with E-state index in [2.05, 4.69) is 6.07 Å². The van der Waals surface area contributed by atoms with Crippen LogP contribution in [0.4, 0.5) is 0 Å². The van der Waals surface area contributed by atoms with E-state index in [-0.39, 0.29) is 6.42 Å². The Labute approximate surface area is 197 Å². The number of methoxy groups -OCH3 is 1. The van der Waals surface area contributed by atoms with Gasteiger partial charge in [0.25, 0.3) is 0 Å². The number of benzene rings is 1. The standard InChI is InChI=1S/C22H27NO7S2/c1-5-26-21(31)32-15(11-14(12-23)27-19(24)13-9-7-6-8-10-13)16-17(25-4)18-20(28-16)30-22(2,3)29-18/h6-10,14-18,20H,5,11H2,1-4H3/t14?,15?,16-,17+,18-,20-/m1/s1. The van der Waals surface area contributed by atoms with Crippen molar-refractivity contribution in [3.05, 3.63) is 35.9 Å². The number of ether oxygens (including phenoxy) is 6. The van der Waals surface area contributed by atoms with Crippen LogP contribution in [-0.4, -0.2) is 65.8 Å². The predicted octanol–water partition coefficient (Wildman–Crippen LogP) is 3.44. The number of rotatable bonds is 8. The van der Waals surface area contributed by atoms with Crippen molar-refractivity contribution in [3.8, 4) is 6.07 Å². The van der Waals surface area contributed by atoms with Gasteiger partial charge in [0.2, 0.25) is 4.38 Å². The second-order valence-electron chi connectivity index (χ2n) is 7.73. The molecule has 0 spiro atoms. The third kappa shape index (κ3) is 5.98. The van der Waals surface area contributed by atoms with Crippen LogP contribution >= 0.6 is 24.0 Å². The normalized spacial score (nSPS) is 27.7. The summed E-state index contributed by atoms with van der Waals surface area (Å²) in [5, 5.41) is 9.27. The highest BCUT2D eigenvalue weighted by atomic mass is 32.2. The summed E-state index contributed by atoms with van der Waals surface area (Å²) in [6.07, 6.45) is -2.91. The molecule has 1 aromatic rings. The van der Waals surface area contributed by atoms with Gasteiger partial charge in [-0.05, 0) is 45.1 Å². The zero-order valence-electron chi connectivity index (χ0n) is 18.4. The Bertz CT molecular complexity index is 844. The molecule has 2 saturated heterocycles. The van der Waals surface area contributed by atoms with Gasteiger partial charge in [0, 0.05) is 18.8 Å². The molecule has 32 heavy (non-hydrogen) atoms. The van der Waals surface area contributed by atoms with Crippen LogP contribution in [0.25, 0.3) is 0 Å². The highest BCUT2D eigenvalue weighted by Crippen LogP contribution is 2.42. The second-order valence-corrected chi connectivity index (χ2v) is 9.57. The molecule has 0 saturated carbocycles. The molecule has 1 aromatic carbocycles. The minimum absolute atomic E-state index is 0.153. The molecule has 0 amide bonds. The lowest BCUT2D eigenvalue weighted by Crippen LogP contribution is -2.42. The van der Waals surface area contributed by atoms with E-state index in [1.54, 1.807) is 37.4 Å². The first-order chi connectivity index (χ1) is 15.3. The molecule has 0 N–H and O–H groups in total. The van der Waals surface area contributed by atoms with Gasteiger partial charge in [-0.15, -0.1) is 0 Å². The van der Waals surface area contributed by atoms with E-state index in [0.29, 0.717) is 16.6 Å². The predicted molar refractivity (Wildman–Crippen MR) is 121 cm³/mol. The minimum Gasteiger partial charge on any atom is -0.479 e. The molecule has 0 aromatic heterocycles. The minimum atomic E-state index is -1.02. The fourth-order valence-electron chi connectivity index (χ4n) is 3.71. The van der Waals surface area contributed by atoms with Crippen LogP contribution < -0.4 is 0 Å². The van der Waals surface area contributed by atoms with E-state index < -0.39 is 47.7 Å². The van der Waals surface area contributed by atoms with Crippen LogP contribution in [0.2, 0.25) is 0 Å². The Balaban J connectivity index is 1.75. The molecule has 8 nitrogen and oxygen atoms in total. The van der Waals surface area contributed by atoms with Gasteiger partial charge in [-0.3, -0.25) is 0 Å². The number of nitriles is 1.